The molecule has 174 valence electrons. The average molecular weight is 465 g/mol. The van der Waals surface area contributed by atoms with Gasteiger partial charge in [-0.25, -0.2) is 4.90 Å². The molecule has 0 aliphatic carbocycles. The van der Waals surface area contributed by atoms with Gasteiger partial charge < -0.3 is 14.8 Å². The Morgan fingerprint density at radius 1 is 0.743 bits per heavy atom. The van der Waals surface area contributed by atoms with E-state index in [-0.39, 0.29) is 5.70 Å². The first kappa shape index (κ1) is 22.2. The number of amides is 2. The molecule has 0 saturated carbocycles. The smallest absolute Gasteiger partial charge is 0.282 e. The van der Waals surface area contributed by atoms with E-state index in [9.17, 15) is 9.59 Å². The van der Waals surface area contributed by atoms with Crippen LogP contribution < -0.4 is 19.7 Å². The molecule has 1 aliphatic rings. The number of methoxy groups -OCH3 is 2. The van der Waals surface area contributed by atoms with E-state index in [4.69, 9.17) is 9.47 Å². The van der Waals surface area contributed by atoms with Crippen molar-refractivity contribution in [2.75, 3.05) is 24.4 Å². The number of nitrogens with zero attached hydrogens (tertiary/aromatic N) is 1. The fourth-order valence-corrected chi connectivity index (χ4v) is 4.30. The van der Waals surface area contributed by atoms with Crippen LogP contribution in [0, 0.1) is 6.92 Å². The molecule has 5 rings (SSSR count). The van der Waals surface area contributed by atoms with E-state index in [1.165, 1.54) is 19.1 Å². The molecular weight excluding hydrogens is 440 g/mol. The maximum absolute atomic E-state index is 13.8. The summed E-state index contributed by atoms with van der Waals surface area (Å²) in [6.45, 7) is 1.98. The normalized spacial score (nSPS) is 13.5. The van der Waals surface area contributed by atoms with Gasteiger partial charge in [0.05, 0.1) is 25.5 Å². The third-order valence-electron chi connectivity index (χ3n) is 6.10. The second-order valence-corrected chi connectivity index (χ2v) is 8.25. The number of hydrogen-bond donors (Lipinski definition) is 1. The molecule has 6 nitrogen and oxygen atoms in total. The Balaban J connectivity index is 1.64. The van der Waals surface area contributed by atoms with Gasteiger partial charge in [0.25, 0.3) is 11.8 Å². The van der Waals surface area contributed by atoms with Crippen LogP contribution in [0.5, 0.6) is 11.5 Å². The molecule has 0 saturated heterocycles. The number of nitrogens with one attached hydrogen (secondary N) is 1. The molecule has 0 spiro atoms. The van der Waals surface area contributed by atoms with Crippen molar-refractivity contribution in [2.24, 2.45) is 0 Å². The maximum Gasteiger partial charge on any atom is 0.282 e. The van der Waals surface area contributed by atoms with E-state index >= 15 is 0 Å². The summed E-state index contributed by atoms with van der Waals surface area (Å²) in [5, 5.41) is 5.28. The van der Waals surface area contributed by atoms with Crippen molar-refractivity contribution in [2.45, 2.75) is 6.92 Å². The molecule has 1 N–H and O–H groups in total. The lowest BCUT2D eigenvalue weighted by Gasteiger charge is -2.17. The molecule has 0 aromatic heterocycles. The zero-order valence-corrected chi connectivity index (χ0v) is 19.7. The number of carbonyl (C=O) groups is 2. The van der Waals surface area contributed by atoms with Crippen LogP contribution in [0.2, 0.25) is 0 Å². The van der Waals surface area contributed by atoms with Crippen LogP contribution >= 0.6 is 0 Å². The third-order valence-corrected chi connectivity index (χ3v) is 6.10. The molecule has 6 heteroatoms. The van der Waals surface area contributed by atoms with E-state index in [1.807, 2.05) is 73.7 Å². The number of ether oxygens (including phenoxy) is 2. The van der Waals surface area contributed by atoms with Crippen molar-refractivity contribution in [3.8, 4) is 11.5 Å². The minimum Gasteiger partial charge on any atom is -0.493 e. The molecule has 1 aliphatic heterocycles. The highest BCUT2D eigenvalue weighted by molar-refractivity contribution is 6.46. The molecule has 4 aromatic rings. The molecule has 0 bridgehead atoms. The van der Waals surface area contributed by atoms with Crippen molar-refractivity contribution in [3.63, 3.8) is 0 Å². The Hall–Kier alpha value is -4.58. The summed E-state index contributed by atoms with van der Waals surface area (Å²) < 4.78 is 10.7. The van der Waals surface area contributed by atoms with Crippen LogP contribution in [0.1, 0.15) is 11.1 Å². The Morgan fingerprint density at radius 3 is 2.20 bits per heavy atom. The highest BCUT2D eigenvalue weighted by atomic mass is 16.5. The third kappa shape index (κ3) is 3.89. The lowest BCUT2D eigenvalue weighted by Crippen LogP contribution is -2.32. The maximum atomic E-state index is 13.8. The van der Waals surface area contributed by atoms with Crippen molar-refractivity contribution < 1.29 is 19.1 Å². The van der Waals surface area contributed by atoms with Gasteiger partial charge in [-0.1, -0.05) is 66.2 Å². The summed E-state index contributed by atoms with van der Waals surface area (Å²) in [7, 11) is 3.05. The largest absolute Gasteiger partial charge is 0.493 e. The fourth-order valence-electron chi connectivity index (χ4n) is 4.30. The molecule has 0 radical (unpaired) electrons. The van der Waals surface area contributed by atoms with Gasteiger partial charge in [0.15, 0.2) is 11.5 Å². The van der Waals surface area contributed by atoms with Crippen molar-refractivity contribution in [1.29, 1.82) is 0 Å². The van der Waals surface area contributed by atoms with E-state index in [0.717, 1.165) is 22.0 Å². The number of carbonyl (C=O) groups excluding carboxylic acids is 2. The lowest BCUT2D eigenvalue weighted by atomic mass is 10.0. The van der Waals surface area contributed by atoms with Crippen LogP contribution in [-0.4, -0.2) is 26.0 Å². The standard InChI is InChI=1S/C29H24N2O4/c1-18-11-13-20(14-12-18)26-27(30-23-10-6-8-19-7-4-5-9-22(19)23)29(33)31(28(26)32)21-15-16-24(34-2)25(17-21)35-3/h4-17,30H,1-3H3. The highest BCUT2D eigenvalue weighted by Crippen LogP contribution is 2.38. The Bertz CT molecular complexity index is 1480. The Labute approximate surface area is 203 Å². The molecule has 0 unspecified atom stereocenters. The number of imide groups is 1. The monoisotopic (exact) mass is 464 g/mol. The lowest BCUT2D eigenvalue weighted by molar-refractivity contribution is -0.120. The molecule has 2 amide bonds. The number of benzene rings is 4. The molecule has 1 heterocycles. The first-order valence-corrected chi connectivity index (χ1v) is 11.2. The number of aryl methyl sites for hydroxylation is 1. The minimum absolute atomic E-state index is 0.227. The van der Waals surface area contributed by atoms with Crippen LogP contribution in [0.25, 0.3) is 16.3 Å². The van der Waals surface area contributed by atoms with Crippen molar-refractivity contribution >= 4 is 39.5 Å². The molecule has 35 heavy (non-hydrogen) atoms. The van der Waals surface area contributed by atoms with Gasteiger partial charge in [-0.05, 0) is 36.1 Å². The highest BCUT2D eigenvalue weighted by Gasteiger charge is 2.40. The van der Waals surface area contributed by atoms with Crippen LogP contribution in [-0.2, 0) is 9.59 Å². The van der Waals surface area contributed by atoms with E-state index in [2.05, 4.69) is 5.32 Å². The van der Waals surface area contributed by atoms with E-state index < -0.39 is 11.8 Å². The zero-order chi connectivity index (χ0) is 24.5. The second kappa shape index (κ2) is 8.99. The fraction of sp³-hybridized carbons (Fsp3) is 0.103. The molecule has 0 atom stereocenters. The number of hydrogen-bond acceptors (Lipinski definition) is 5. The quantitative estimate of drug-likeness (QED) is 0.378. The van der Waals surface area contributed by atoms with Gasteiger partial charge in [-0.3, -0.25) is 9.59 Å². The van der Waals surface area contributed by atoms with Gasteiger partial charge in [0.1, 0.15) is 5.70 Å². The van der Waals surface area contributed by atoms with Gasteiger partial charge in [0, 0.05) is 17.1 Å². The van der Waals surface area contributed by atoms with Gasteiger partial charge in [-0.15, -0.1) is 0 Å². The molecule has 0 fully saturated rings. The van der Waals surface area contributed by atoms with Crippen LogP contribution in [0.3, 0.4) is 0 Å². The van der Waals surface area contributed by atoms with E-state index in [0.29, 0.717) is 28.3 Å². The Kier molecular flexibility index (Phi) is 5.71. The van der Waals surface area contributed by atoms with Gasteiger partial charge >= 0.3 is 0 Å². The van der Waals surface area contributed by atoms with Crippen LogP contribution in [0.15, 0.2) is 90.6 Å². The number of anilines is 2. The van der Waals surface area contributed by atoms with Crippen molar-refractivity contribution in [3.05, 3.63) is 102 Å². The summed E-state index contributed by atoms with van der Waals surface area (Å²) in [6, 6.07) is 26.3. The first-order valence-electron chi connectivity index (χ1n) is 11.2. The predicted octanol–water partition coefficient (Wildman–Crippen LogP) is 5.56. The van der Waals surface area contributed by atoms with Gasteiger partial charge in [-0.2, -0.15) is 0 Å². The Morgan fingerprint density at radius 2 is 1.46 bits per heavy atom. The number of fused-ring (bicyclic) bond motifs is 1. The average Bonchev–Trinajstić information content (AvgIpc) is 3.13. The SMILES string of the molecule is COc1ccc(N2C(=O)C(Nc3cccc4ccccc34)=C(c3ccc(C)cc3)C2=O)cc1OC. The van der Waals surface area contributed by atoms with E-state index in [1.54, 1.807) is 18.2 Å². The number of rotatable bonds is 6. The van der Waals surface area contributed by atoms with Gasteiger partial charge in [0.2, 0.25) is 0 Å². The summed E-state index contributed by atoms with van der Waals surface area (Å²) in [5.74, 6) is 0.0913. The predicted molar refractivity (Wildman–Crippen MR) is 138 cm³/mol. The minimum atomic E-state index is -0.439. The first-order chi connectivity index (χ1) is 17.0. The summed E-state index contributed by atoms with van der Waals surface area (Å²) >= 11 is 0. The molecular formula is C29H24N2O4. The topological polar surface area (TPSA) is 67.9 Å². The van der Waals surface area contributed by atoms with Crippen molar-refractivity contribution in [1.82, 2.24) is 0 Å². The summed E-state index contributed by atoms with van der Waals surface area (Å²) in [5.41, 5.74) is 3.42. The summed E-state index contributed by atoms with van der Waals surface area (Å²) in [4.78, 5) is 28.7. The van der Waals surface area contributed by atoms with Crippen LogP contribution in [0.4, 0.5) is 11.4 Å². The second-order valence-electron chi connectivity index (χ2n) is 8.25. The summed E-state index contributed by atoms with van der Waals surface area (Å²) in [6.07, 6.45) is 0. The zero-order valence-electron chi connectivity index (χ0n) is 19.7. The molecule has 4 aromatic carbocycles.